The van der Waals surface area contributed by atoms with Crippen LogP contribution in [-0.4, -0.2) is 29.8 Å². The Kier molecular flexibility index (Phi) is 7.67. The van der Waals surface area contributed by atoms with Crippen LogP contribution in [0, 0.1) is 17.2 Å². The Hall–Kier alpha value is -1.82. The Labute approximate surface area is 205 Å². The van der Waals surface area contributed by atoms with Gasteiger partial charge < -0.3 is 9.31 Å². The van der Waals surface area contributed by atoms with Crippen LogP contribution < -0.4 is 5.46 Å². The summed E-state index contributed by atoms with van der Waals surface area (Å²) in [6.45, 7) is 19.0. The summed E-state index contributed by atoms with van der Waals surface area (Å²) in [5, 5.41) is 11.3. The third-order valence-electron chi connectivity index (χ3n) is 7.63. The number of hydrogen-bond acceptors (Lipinski definition) is 4. The molecule has 1 N–H and O–H groups in total. The van der Waals surface area contributed by atoms with Gasteiger partial charge in [0, 0.05) is 5.56 Å². The van der Waals surface area contributed by atoms with Gasteiger partial charge in [0.1, 0.15) is 0 Å². The average Bonchev–Trinajstić information content (AvgIpc) is 3.01. The fourth-order valence-electron chi connectivity index (χ4n) is 4.51. The zero-order valence-electron chi connectivity index (χ0n) is 21.2. The van der Waals surface area contributed by atoms with Gasteiger partial charge in [-0.15, -0.1) is 0 Å². The van der Waals surface area contributed by atoms with Crippen LogP contribution >= 0.6 is 12.6 Å². The number of fused-ring (bicyclic) bond motifs is 1. The SMILES string of the molecule is C=C/C(C(=N)c1ccc(B2OC(C)(C)C(C)(C)O2)c2ccccc12)=C(\CC)[C@H](C)[C@@H](C)CS. The molecule has 1 aliphatic heterocycles. The van der Waals surface area contributed by atoms with E-state index in [-0.39, 0.29) is 0 Å². The largest absolute Gasteiger partial charge is 0.495 e. The van der Waals surface area contributed by atoms with Gasteiger partial charge in [0.25, 0.3) is 0 Å². The molecule has 0 spiro atoms. The van der Waals surface area contributed by atoms with Gasteiger partial charge in [-0.05, 0) is 73.5 Å². The van der Waals surface area contributed by atoms with E-state index in [1.54, 1.807) is 0 Å². The van der Waals surface area contributed by atoms with Crippen molar-refractivity contribution in [3.05, 3.63) is 65.8 Å². The predicted molar refractivity (Wildman–Crippen MR) is 146 cm³/mol. The van der Waals surface area contributed by atoms with Crippen molar-refractivity contribution >= 4 is 41.7 Å². The molecular weight excluding hydrogens is 425 g/mol. The van der Waals surface area contributed by atoms with Gasteiger partial charge in [-0.3, -0.25) is 5.41 Å². The van der Waals surface area contributed by atoms with Crippen LogP contribution in [0.25, 0.3) is 10.8 Å². The molecule has 1 fully saturated rings. The molecule has 5 heteroatoms. The normalized spacial score (nSPS) is 19.8. The molecule has 2 aromatic rings. The van der Waals surface area contributed by atoms with Gasteiger partial charge in [0.15, 0.2) is 0 Å². The van der Waals surface area contributed by atoms with Crippen LogP contribution in [0.5, 0.6) is 0 Å². The van der Waals surface area contributed by atoms with Crippen molar-refractivity contribution in [1.82, 2.24) is 0 Å². The topological polar surface area (TPSA) is 42.3 Å². The highest BCUT2D eigenvalue weighted by atomic mass is 32.1. The summed E-state index contributed by atoms with van der Waals surface area (Å²) in [5.41, 5.74) is 3.78. The summed E-state index contributed by atoms with van der Waals surface area (Å²) in [7, 11) is -0.444. The molecule has 0 bridgehead atoms. The molecule has 1 aliphatic rings. The second-order valence-corrected chi connectivity index (χ2v) is 10.5. The molecule has 1 heterocycles. The highest BCUT2D eigenvalue weighted by Crippen LogP contribution is 2.37. The van der Waals surface area contributed by atoms with Crippen molar-refractivity contribution in [2.75, 3.05) is 5.75 Å². The van der Waals surface area contributed by atoms with E-state index in [2.05, 4.69) is 85.9 Å². The monoisotopic (exact) mass is 463 g/mol. The van der Waals surface area contributed by atoms with Crippen molar-refractivity contribution in [2.45, 2.75) is 66.1 Å². The van der Waals surface area contributed by atoms with Crippen LogP contribution in [0.4, 0.5) is 0 Å². The summed E-state index contributed by atoms with van der Waals surface area (Å²) < 4.78 is 12.7. The maximum Gasteiger partial charge on any atom is 0.495 e. The molecule has 2 atom stereocenters. The first kappa shape index (κ1) is 25.8. The second-order valence-electron chi connectivity index (χ2n) is 10.2. The first-order valence-electron chi connectivity index (χ1n) is 11.9. The summed E-state index contributed by atoms with van der Waals surface area (Å²) in [6.07, 6.45) is 2.73. The molecule has 2 aromatic carbocycles. The number of hydrogen-bond donors (Lipinski definition) is 2. The van der Waals surface area contributed by atoms with E-state index in [1.165, 1.54) is 5.57 Å². The minimum absolute atomic E-state index is 0.330. The molecule has 1 saturated heterocycles. The average molecular weight is 463 g/mol. The minimum Gasteiger partial charge on any atom is -0.399 e. The summed E-state index contributed by atoms with van der Waals surface area (Å²) in [5.74, 6) is 1.57. The lowest BCUT2D eigenvalue weighted by molar-refractivity contribution is 0.00578. The van der Waals surface area contributed by atoms with Crippen molar-refractivity contribution in [2.24, 2.45) is 11.8 Å². The van der Waals surface area contributed by atoms with E-state index in [9.17, 15) is 5.41 Å². The fraction of sp³-hybridized carbons (Fsp3) is 0.464. The maximum atomic E-state index is 9.19. The van der Waals surface area contributed by atoms with Gasteiger partial charge in [0.05, 0.1) is 16.9 Å². The number of benzene rings is 2. The van der Waals surface area contributed by atoms with Crippen LogP contribution in [0.3, 0.4) is 0 Å². The standard InChI is InChI=1S/C28H38BNO2S/c1-9-20(19(4)18(3)17-33)21(10-2)26(30)24-15-16-25(23-14-12-11-13-22(23)24)29-31-27(5,6)28(7,8)32-29/h10-16,18-19,30,33H,2,9,17H2,1,3-8H3/b21-20-,30-26?/t18-,19+/m0/s1. The Morgan fingerprint density at radius 1 is 1.06 bits per heavy atom. The molecule has 33 heavy (non-hydrogen) atoms. The van der Waals surface area contributed by atoms with Crippen LogP contribution in [-0.2, 0) is 9.31 Å². The van der Waals surface area contributed by atoms with E-state index in [4.69, 9.17) is 9.31 Å². The summed E-state index contributed by atoms with van der Waals surface area (Å²) in [6, 6.07) is 12.3. The lowest BCUT2D eigenvalue weighted by Gasteiger charge is -2.32. The van der Waals surface area contributed by atoms with Gasteiger partial charge in [0.2, 0.25) is 0 Å². The number of nitrogens with one attached hydrogen (secondary N) is 1. The van der Waals surface area contributed by atoms with E-state index >= 15 is 0 Å². The zero-order valence-corrected chi connectivity index (χ0v) is 22.1. The van der Waals surface area contributed by atoms with Crippen molar-refractivity contribution < 1.29 is 9.31 Å². The Morgan fingerprint density at radius 3 is 2.15 bits per heavy atom. The Bertz CT molecular complexity index is 1070. The van der Waals surface area contributed by atoms with E-state index in [0.29, 0.717) is 17.5 Å². The molecule has 0 radical (unpaired) electrons. The highest BCUT2D eigenvalue weighted by molar-refractivity contribution is 7.80. The fourth-order valence-corrected chi connectivity index (χ4v) is 4.83. The van der Waals surface area contributed by atoms with Crippen molar-refractivity contribution in [3.63, 3.8) is 0 Å². The molecule has 0 aromatic heterocycles. The third-order valence-corrected chi connectivity index (χ3v) is 8.20. The summed E-state index contributed by atoms with van der Waals surface area (Å²) in [4.78, 5) is 0. The Balaban J connectivity index is 2.12. The molecule has 0 amide bonds. The number of rotatable bonds is 8. The maximum absolute atomic E-state index is 9.19. The molecule has 0 unspecified atom stereocenters. The minimum atomic E-state index is -0.444. The van der Waals surface area contributed by atoms with Crippen LogP contribution in [0.2, 0.25) is 0 Å². The smallest absolute Gasteiger partial charge is 0.399 e. The van der Waals surface area contributed by atoms with Gasteiger partial charge >= 0.3 is 7.12 Å². The van der Waals surface area contributed by atoms with Gasteiger partial charge in [-0.2, -0.15) is 12.6 Å². The van der Waals surface area contributed by atoms with Crippen molar-refractivity contribution in [1.29, 1.82) is 5.41 Å². The third kappa shape index (κ3) is 4.73. The van der Waals surface area contributed by atoms with Gasteiger partial charge in [-0.25, -0.2) is 0 Å². The lowest BCUT2D eigenvalue weighted by Crippen LogP contribution is -2.41. The van der Waals surface area contributed by atoms with Gasteiger partial charge in [-0.1, -0.05) is 75.4 Å². The highest BCUT2D eigenvalue weighted by Gasteiger charge is 2.52. The van der Waals surface area contributed by atoms with Crippen LogP contribution in [0.1, 0.15) is 60.5 Å². The van der Waals surface area contributed by atoms with E-state index < -0.39 is 18.3 Å². The number of thiol groups is 1. The molecule has 3 rings (SSSR count). The summed E-state index contributed by atoms with van der Waals surface area (Å²) >= 11 is 4.51. The molecule has 3 nitrogen and oxygen atoms in total. The first-order chi connectivity index (χ1) is 15.5. The lowest BCUT2D eigenvalue weighted by atomic mass is 9.74. The Morgan fingerprint density at radius 2 is 1.64 bits per heavy atom. The molecule has 0 saturated carbocycles. The molecule has 176 valence electrons. The predicted octanol–water partition coefficient (Wildman–Crippen LogP) is 6.60. The first-order valence-corrected chi connectivity index (χ1v) is 12.5. The van der Waals surface area contributed by atoms with Crippen LogP contribution in [0.15, 0.2) is 60.2 Å². The molecular formula is C28H38BNO2S. The molecule has 0 aliphatic carbocycles. The zero-order chi connectivity index (χ0) is 24.6. The number of allylic oxidation sites excluding steroid dienone is 3. The van der Waals surface area contributed by atoms with E-state index in [1.807, 2.05) is 24.3 Å². The second kappa shape index (κ2) is 9.81. The van der Waals surface area contributed by atoms with Crippen molar-refractivity contribution in [3.8, 4) is 0 Å². The van der Waals surface area contributed by atoms with E-state index in [0.717, 1.165) is 39.5 Å². The quantitative estimate of drug-likeness (QED) is 0.200.